The topological polar surface area (TPSA) is 148 Å². The Morgan fingerprint density at radius 2 is 2.00 bits per heavy atom. The number of fused-ring (bicyclic) bond motifs is 1. The first-order valence-electron chi connectivity index (χ1n) is 6.60. The first kappa shape index (κ1) is 15.0. The number of nitrogens with one attached hydrogen (secondary N) is 1. The monoisotopic (exact) mass is 334 g/mol. The highest BCUT2D eigenvalue weighted by Gasteiger charge is 2.60. The standard InChI is InChI=1S/C10H14N4O7S/c15-8-6(1-3-11-8)13(18)10(17)12-4-2-5-7(12)9(16)14(5)22(19,20)21/h5-7,18H,1-4H2,(H,11,15)(H,19,20,21)/t5-,6-,7+/m1/s1. The third kappa shape index (κ3) is 2.02. The van der Waals surface area contributed by atoms with Gasteiger partial charge < -0.3 is 10.2 Å². The lowest BCUT2D eigenvalue weighted by molar-refractivity contribution is -0.147. The van der Waals surface area contributed by atoms with Crippen LogP contribution in [0.25, 0.3) is 0 Å². The van der Waals surface area contributed by atoms with Gasteiger partial charge in [0.2, 0.25) is 5.91 Å². The second kappa shape index (κ2) is 4.79. The highest BCUT2D eigenvalue weighted by molar-refractivity contribution is 7.84. The predicted octanol–water partition coefficient (Wildman–Crippen LogP) is -2.23. The van der Waals surface area contributed by atoms with E-state index < -0.39 is 46.3 Å². The maximum atomic E-state index is 12.2. The van der Waals surface area contributed by atoms with Crippen molar-refractivity contribution in [3.05, 3.63) is 0 Å². The van der Waals surface area contributed by atoms with E-state index in [1.54, 1.807) is 0 Å². The van der Waals surface area contributed by atoms with Crippen LogP contribution in [0.4, 0.5) is 4.79 Å². The zero-order valence-corrected chi connectivity index (χ0v) is 12.1. The summed E-state index contributed by atoms with van der Waals surface area (Å²) in [6.07, 6.45) is 0.404. The molecule has 3 N–H and O–H groups in total. The van der Waals surface area contributed by atoms with E-state index in [2.05, 4.69) is 5.32 Å². The van der Waals surface area contributed by atoms with Crippen molar-refractivity contribution in [3.8, 4) is 0 Å². The Morgan fingerprint density at radius 1 is 1.32 bits per heavy atom. The molecule has 0 radical (unpaired) electrons. The van der Waals surface area contributed by atoms with Gasteiger partial charge in [-0.2, -0.15) is 13.5 Å². The zero-order chi connectivity index (χ0) is 16.2. The van der Waals surface area contributed by atoms with Crippen molar-refractivity contribution in [2.24, 2.45) is 0 Å². The summed E-state index contributed by atoms with van der Waals surface area (Å²) in [7, 11) is -4.66. The van der Waals surface area contributed by atoms with Gasteiger partial charge in [0.05, 0.1) is 6.04 Å². The minimum atomic E-state index is -4.66. The molecule has 3 saturated heterocycles. The lowest BCUT2D eigenvalue weighted by Gasteiger charge is -2.43. The third-order valence-corrected chi connectivity index (χ3v) is 5.09. The third-order valence-electron chi connectivity index (χ3n) is 4.14. The molecule has 3 fully saturated rings. The summed E-state index contributed by atoms with van der Waals surface area (Å²) in [5, 5.41) is 12.6. The first-order valence-corrected chi connectivity index (χ1v) is 8.00. The molecule has 3 aliphatic rings. The van der Waals surface area contributed by atoms with Crippen molar-refractivity contribution in [1.29, 1.82) is 0 Å². The Morgan fingerprint density at radius 3 is 2.55 bits per heavy atom. The number of amides is 4. The minimum Gasteiger partial charge on any atom is -0.354 e. The number of likely N-dealkylation sites (tertiary alicyclic amines) is 1. The zero-order valence-electron chi connectivity index (χ0n) is 11.2. The molecule has 4 amide bonds. The van der Waals surface area contributed by atoms with E-state index in [4.69, 9.17) is 4.55 Å². The molecule has 3 rings (SSSR count). The van der Waals surface area contributed by atoms with Crippen LogP contribution < -0.4 is 5.32 Å². The molecule has 3 atom stereocenters. The second-order valence-corrected chi connectivity index (χ2v) is 6.62. The molecule has 0 aromatic carbocycles. The SMILES string of the molecule is O=C1NCC[C@H]1N(O)C(=O)N1CC[C@@H]2[C@H]1C(=O)N2S(=O)(=O)O. The van der Waals surface area contributed by atoms with E-state index in [1.165, 1.54) is 0 Å². The van der Waals surface area contributed by atoms with Crippen molar-refractivity contribution < 1.29 is 32.6 Å². The molecule has 12 heteroatoms. The fraction of sp³-hybridized carbons (Fsp3) is 0.700. The maximum Gasteiger partial charge on any atom is 0.362 e. The lowest BCUT2D eigenvalue weighted by Crippen LogP contribution is -2.69. The fourth-order valence-corrected chi connectivity index (χ4v) is 4.01. The molecular formula is C10H14N4O7S. The largest absolute Gasteiger partial charge is 0.362 e. The smallest absolute Gasteiger partial charge is 0.354 e. The highest BCUT2D eigenvalue weighted by Crippen LogP contribution is 2.36. The molecule has 0 spiro atoms. The van der Waals surface area contributed by atoms with Crippen LogP contribution in [0.15, 0.2) is 0 Å². The summed E-state index contributed by atoms with van der Waals surface area (Å²) in [6.45, 7) is 0.368. The van der Waals surface area contributed by atoms with Crippen LogP contribution in [0.5, 0.6) is 0 Å². The molecular weight excluding hydrogens is 320 g/mol. The van der Waals surface area contributed by atoms with E-state index in [9.17, 15) is 28.0 Å². The summed E-state index contributed by atoms with van der Waals surface area (Å²) in [6, 6.07) is -3.84. The van der Waals surface area contributed by atoms with E-state index >= 15 is 0 Å². The Kier molecular flexibility index (Phi) is 3.27. The van der Waals surface area contributed by atoms with Gasteiger partial charge >= 0.3 is 16.3 Å². The molecule has 0 aromatic heterocycles. The Labute approximate surface area is 125 Å². The van der Waals surface area contributed by atoms with Crippen molar-refractivity contribution >= 4 is 28.1 Å². The van der Waals surface area contributed by atoms with Gasteiger partial charge in [-0.05, 0) is 12.8 Å². The lowest BCUT2D eigenvalue weighted by atomic mass is 10.0. The van der Waals surface area contributed by atoms with E-state index in [0.29, 0.717) is 10.8 Å². The molecule has 0 aliphatic carbocycles. The van der Waals surface area contributed by atoms with Gasteiger partial charge in [-0.25, -0.2) is 9.10 Å². The van der Waals surface area contributed by atoms with Gasteiger partial charge in [0.1, 0.15) is 12.1 Å². The fourth-order valence-electron chi connectivity index (χ4n) is 3.11. The molecule has 3 heterocycles. The number of nitrogens with zero attached hydrogens (tertiary/aromatic N) is 3. The van der Waals surface area contributed by atoms with Gasteiger partial charge in [-0.1, -0.05) is 0 Å². The van der Waals surface area contributed by atoms with Gasteiger partial charge in [0.15, 0.2) is 0 Å². The Balaban J connectivity index is 1.74. The number of rotatable bonds is 2. The Hall–Kier alpha value is -1.92. The summed E-state index contributed by atoms with van der Waals surface area (Å²) in [5.41, 5.74) is 0. The van der Waals surface area contributed by atoms with Gasteiger partial charge in [0, 0.05) is 13.1 Å². The van der Waals surface area contributed by atoms with Gasteiger partial charge in [-0.15, -0.1) is 0 Å². The van der Waals surface area contributed by atoms with Crippen molar-refractivity contribution in [2.45, 2.75) is 31.0 Å². The highest BCUT2D eigenvalue weighted by atomic mass is 32.2. The number of β-lactam (4-membered cyclic amide) rings is 1. The molecule has 0 saturated carbocycles. The molecule has 0 bridgehead atoms. The normalized spacial score (nSPS) is 30.9. The van der Waals surface area contributed by atoms with Crippen LogP contribution in [0.1, 0.15) is 12.8 Å². The average Bonchev–Trinajstić information content (AvgIpc) is 2.99. The van der Waals surface area contributed by atoms with E-state index in [0.717, 1.165) is 4.90 Å². The quantitative estimate of drug-likeness (QED) is 0.224. The minimum absolute atomic E-state index is 0.0390. The maximum absolute atomic E-state index is 12.2. The molecule has 0 unspecified atom stereocenters. The first-order chi connectivity index (χ1) is 10.2. The number of carbonyl (C=O) groups excluding carboxylic acids is 3. The summed E-state index contributed by atoms with van der Waals surface area (Å²) < 4.78 is 31.4. The number of hydrogen-bond acceptors (Lipinski definition) is 6. The summed E-state index contributed by atoms with van der Waals surface area (Å²) in [5.74, 6) is -1.42. The van der Waals surface area contributed by atoms with Crippen LogP contribution in [0, 0.1) is 0 Å². The van der Waals surface area contributed by atoms with Crippen LogP contribution in [0.3, 0.4) is 0 Å². The average molecular weight is 334 g/mol. The molecule has 0 aromatic rings. The van der Waals surface area contributed by atoms with Crippen molar-refractivity contribution in [2.75, 3.05) is 13.1 Å². The Bertz CT molecular complexity index is 650. The second-order valence-electron chi connectivity index (χ2n) is 5.33. The summed E-state index contributed by atoms with van der Waals surface area (Å²) >= 11 is 0. The van der Waals surface area contributed by atoms with Crippen LogP contribution in [0.2, 0.25) is 0 Å². The van der Waals surface area contributed by atoms with Crippen LogP contribution >= 0.6 is 0 Å². The number of hydroxylamine groups is 2. The number of urea groups is 1. The van der Waals surface area contributed by atoms with Crippen LogP contribution in [-0.2, 0) is 19.9 Å². The molecule has 11 nitrogen and oxygen atoms in total. The van der Waals surface area contributed by atoms with Crippen LogP contribution in [-0.4, -0.2) is 81.5 Å². The molecule has 3 aliphatic heterocycles. The molecule has 122 valence electrons. The van der Waals surface area contributed by atoms with Gasteiger partial charge in [0.25, 0.3) is 5.91 Å². The summed E-state index contributed by atoms with van der Waals surface area (Å²) in [4.78, 5) is 36.5. The van der Waals surface area contributed by atoms with E-state index in [1.807, 2.05) is 0 Å². The predicted molar refractivity (Wildman–Crippen MR) is 67.7 cm³/mol. The van der Waals surface area contributed by atoms with E-state index in [-0.39, 0.29) is 24.4 Å². The number of carbonyl (C=O) groups is 3. The number of hydrogen-bond donors (Lipinski definition) is 3. The van der Waals surface area contributed by atoms with Gasteiger partial charge in [-0.3, -0.25) is 19.3 Å². The van der Waals surface area contributed by atoms with Crippen molar-refractivity contribution in [3.63, 3.8) is 0 Å². The molecule has 22 heavy (non-hydrogen) atoms. The van der Waals surface area contributed by atoms with Crippen molar-refractivity contribution in [1.82, 2.24) is 19.6 Å².